The van der Waals surface area contributed by atoms with Crippen LogP contribution in [0.25, 0.3) is 0 Å². The molecule has 2 aromatic rings. The topological polar surface area (TPSA) is 118 Å². The molecule has 2 N–H and O–H groups in total. The van der Waals surface area contributed by atoms with Gasteiger partial charge in [0, 0.05) is 0 Å². The summed E-state index contributed by atoms with van der Waals surface area (Å²) in [4.78, 5) is 23.0. The summed E-state index contributed by atoms with van der Waals surface area (Å²) in [7, 11) is 0. The van der Waals surface area contributed by atoms with E-state index >= 15 is 0 Å². The number of aliphatic carboxylic acids is 1. The van der Waals surface area contributed by atoms with Crippen LogP contribution in [0.1, 0.15) is 28.7 Å². The van der Waals surface area contributed by atoms with E-state index in [1.165, 1.54) is 0 Å². The Morgan fingerprint density at radius 3 is 2.86 bits per heavy atom. The maximum atomic E-state index is 12.1. The number of carboxylic acids is 1. The van der Waals surface area contributed by atoms with Crippen molar-refractivity contribution in [3.05, 3.63) is 10.6 Å². The quantitative estimate of drug-likeness (QED) is 0.576. The van der Waals surface area contributed by atoms with E-state index in [1.807, 2.05) is 6.92 Å². The van der Waals surface area contributed by atoms with Crippen molar-refractivity contribution in [3.8, 4) is 0 Å². The highest BCUT2D eigenvalue weighted by atomic mass is 32.2. The average molecular weight is 345 g/mol. The molecule has 0 fully saturated rings. The molecule has 0 unspecified atom stereocenters. The summed E-state index contributed by atoms with van der Waals surface area (Å²) in [6.45, 7) is 2.00. The first-order valence-electron chi connectivity index (χ1n) is 5.90. The van der Waals surface area contributed by atoms with Gasteiger partial charge >= 0.3 is 5.97 Å². The van der Waals surface area contributed by atoms with E-state index in [0.29, 0.717) is 26.5 Å². The van der Waals surface area contributed by atoms with E-state index in [9.17, 15) is 9.59 Å². The molecule has 112 valence electrons. The van der Waals surface area contributed by atoms with Crippen LogP contribution in [0.5, 0.6) is 0 Å². The van der Waals surface area contributed by atoms with Gasteiger partial charge in [0.15, 0.2) is 4.34 Å². The summed E-state index contributed by atoms with van der Waals surface area (Å²) in [5.41, 5.74) is 0.671. The molecule has 2 rings (SSSR count). The van der Waals surface area contributed by atoms with Crippen LogP contribution in [-0.4, -0.2) is 42.5 Å². The van der Waals surface area contributed by atoms with E-state index in [2.05, 4.69) is 25.1 Å². The molecule has 8 nitrogen and oxygen atoms in total. The van der Waals surface area contributed by atoms with Gasteiger partial charge in [-0.15, -0.1) is 15.3 Å². The summed E-state index contributed by atoms with van der Waals surface area (Å²) in [5.74, 6) is -1.35. The van der Waals surface area contributed by atoms with Crippen molar-refractivity contribution in [1.29, 1.82) is 0 Å². The lowest BCUT2D eigenvalue weighted by Crippen LogP contribution is -2.12. The molecule has 0 aromatic carbocycles. The van der Waals surface area contributed by atoms with Gasteiger partial charge in [-0.1, -0.05) is 40.9 Å². The molecular weight excluding hydrogens is 334 g/mol. The number of thioether (sulfide) groups is 1. The van der Waals surface area contributed by atoms with Gasteiger partial charge in [-0.25, -0.2) is 0 Å². The highest BCUT2D eigenvalue weighted by molar-refractivity contribution is 8.01. The van der Waals surface area contributed by atoms with E-state index in [4.69, 9.17) is 5.11 Å². The van der Waals surface area contributed by atoms with Gasteiger partial charge in [0.2, 0.25) is 5.13 Å². The van der Waals surface area contributed by atoms with E-state index in [1.54, 1.807) is 0 Å². The third kappa shape index (κ3) is 4.44. The summed E-state index contributed by atoms with van der Waals surface area (Å²) >= 11 is 3.22. The SMILES string of the molecule is CCCc1nnsc1C(=O)Nc1nnc(SCC(=O)O)s1. The van der Waals surface area contributed by atoms with Crippen LogP contribution in [0.4, 0.5) is 5.13 Å². The highest BCUT2D eigenvalue weighted by Gasteiger charge is 2.17. The van der Waals surface area contributed by atoms with Crippen LogP contribution in [0.3, 0.4) is 0 Å². The van der Waals surface area contributed by atoms with Gasteiger partial charge in [-0.05, 0) is 18.0 Å². The average Bonchev–Trinajstić information content (AvgIpc) is 3.06. The fourth-order valence-corrected chi connectivity index (χ4v) is 3.45. The molecule has 0 saturated carbocycles. The van der Waals surface area contributed by atoms with Crippen LogP contribution >= 0.6 is 34.6 Å². The lowest BCUT2D eigenvalue weighted by Gasteiger charge is -1.99. The lowest BCUT2D eigenvalue weighted by molar-refractivity contribution is -0.133. The van der Waals surface area contributed by atoms with Crippen molar-refractivity contribution in [2.75, 3.05) is 11.1 Å². The Hall–Kier alpha value is -1.59. The van der Waals surface area contributed by atoms with Crippen molar-refractivity contribution in [2.45, 2.75) is 24.1 Å². The predicted octanol–water partition coefficient (Wildman–Crippen LogP) is 1.77. The Balaban J connectivity index is 1.99. The van der Waals surface area contributed by atoms with Crippen molar-refractivity contribution in [3.63, 3.8) is 0 Å². The molecule has 0 saturated heterocycles. The number of carbonyl (C=O) groups is 2. The lowest BCUT2D eigenvalue weighted by atomic mass is 10.2. The molecule has 0 bridgehead atoms. The molecule has 0 spiro atoms. The molecule has 21 heavy (non-hydrogen) atoms. The first-order valence-corrected chi connectivity index (χ1v) is 8.48. The fraction of sp³-hybridized carbons (Fsp3) is 0.400. The van der Waals surface area contributed by atoms with Gasteiger partial charge in [0.1, 0.15) is 4.88 Å². The van der Waals surface area contributed by atoms with Crippen molar-refractivity contribution in [2.24, 2.45) is 0 Å². The Kier molecular flexibility index (Phi) is 5.59. The fourth-order valence-electron chi connectivity index (χ4n) is 1.38. The normalized spacial score (nSPS) is 10.5. The standard InChI is InChI=1S/C10H11N5O3S3/c1-2-3-5-7(21-15-12-5)8(18)11-9-13-14-10(20-9)19-4-6(16)17/h2-4H2,1H3,(H,16,17)(H,11,13,18). The number of hydrogen-bond donors (Lipinski definition) is 2. The second kappa shape index (κ2) is 7.43. The summed E-state index contributed by atoms with van der Waals surface area (Å²) in [6.07, 6.45) is 1.57. The summed E-state index contributed by atoms with van der Waals surface area (Å²) in [6, 6.07) is 0. The molecule has 1 amide bonds. The Labute approximate surface area is 132 Å². The van der Waals surface area contributed by atoms with Crippen LogP contribution in [0, 0.1) is 0 Å². The molecule has 0 aliphatic rings. The van der Waals surface area contributed by atoms with Crippen LogP contribution in [-0.2, 0) is 11.2 Å². The molecule has 11 heteroatoms. The number of aryl methyl sites for hydroxylation is 1. The zero-order valence-corrected chi connectivity index (χ0v) is 13.3. The van der Waals surface area contributed by atoms with Crippen molar-refractivity contribution >= 4 is 51.6 Å². The first kappa shape index (κ1) is 15.8. The van der Waals surface area contributed by atoms with Crippen molar-refractivity contribution < 1.29 is 14.7 Å². The number of rotatable bonds is 7. The number of carbonyl (C=O) groups excluding carboxylic acids is 1. The maximum absolute atomic E-state index is 12.1. The number of nitrogens with zero attached hydrogens (tertiary/aromatic N) is 4. The van der Waals surface area contributed by atoms with E-state index in [-0.39, 0.29) is 11.7 Å². The third-order valence-corrected chi connectivity index (χ3v) is 4.92. The van der Waals surface area contributed by atoms with E-state index in [0.717, 1.165) is 41.1 Å². The first-order chi connectivity index (χ1) is 10.1. The largest absolute Gasteiger partial charge is 0.481 e. The zero-order chi connectivity index (χ0) is 15.2. The molecule has 0 aliphatic carbocycles. The molecular formula is C10H11N5O3S3. The highest BCUT2D eigenvalue weighted by Crippen LogP contribution is 2.26. The van der Waals surface area contributed by atoms with Gasteiger partial charge in [0.25, 0.3) is 5.91 Å². The van der Waals surface area contributed by atoms with Gasteiger partial charge in [-0.2, -0.15) is 0 Å². The number of amides is 1. The number of carboxylic acid groups (broad SMARTS) is 1. The second-order valence-electron chi connectivity index (χ2n) is 3.81. The molecule has 0 radical (unpaired) electrons. The minimum absolute atomic E-state index is 0.0952. The number of nitrogens with one attached hydrogen (secondary N) is 1. The zero-order valence-electron chi connectivity index (χ0n) is 10.9. The Bertz CT molecular complexity index is 641. The van der Waals surface area contributed by atoms with Gasteiger partial charge in [0.05, 0.1) is 11.4 Å². The second-order valence-corrected chi connectivity index (χ2v) is 6.76. The Morgan fingerprint density at radius 1 is 1.33 bits per heavy atom. The monoisotopic (exact) mass is 345 g/mol. The minimum Gasteiger partial charge on any atom is -0.481 e. The van der Waals surface area contributed by atoms with Crippen molar-refractivity contribution in [1.82, 2.24) is 19.8 Å². The minimum atomic E-state index is -0.930. The van der Waals surface area contributed by atoms with Crippen LogP contribution < -0.4 is 5.32 Å². The summed E-state index contributed by atoms with van der Waals surface area (Å²) < 4.78 is 4.28. The third-order valence-electron chi connectivity index (χ3n) is 2.19. The molecule has 2 aromatic heterocycles. The Morgan fingerprint density at radius 2 is 2.14 bits per heavy atom. The number of hydrogen-bond acceptors (Lipinski definition) is 9. The maximum Gasteiger partial charge on any atom is 0.313 e. The summed E-state index contributed by atoms with van der Waals surface area (Å²) in [5, 5.41) is 23.1. The number of aromatic nitrogens is 4. The smallest absolute Gasteiger partial charge is 0.313 e. The predicted molar refractivity (Wildman–Crippen MR) is 80.1 cm³/mol. The van der Waals surface area contributed by atoms with Crippen LogP contribution in [0.2, 0.25) is 0 Å². The molecule has 0 aliphatic heterocycles. The van der Waals surface area contributed by atoms with Crippen LogP contribution in [0.15, 0.2) is 4.34 Å². The van der Waals surface area contributed by atoms with Gasteiger partial charge in [-0.3, -0.25) is 14.9 Å². The molecule has 2 heterocycles. The molecule has 0 atom stereocenters. The van der Waals surface area contributed by atoms with Gasteiger partial charge < -0.3 is 5.11 Å². The van der Waals surface area contributed by atoms with E-state index < -0.39 is 5.97 Å². The number of anilines is 1.